The lowest BCUT2D eigenvalue weighted by atomic mass is 10.3. The van der Waals surface area contributed by atoms with Crippen LogP contribution in [0.1, 0.15) is 5.76 Å². The third-order valence-electron chi connectivity index (χ3n) is 1.06. The molecule has 1 aromatic rings. The van der Waals surface area contributed by atoms with Gasteiger partial charge in [-0.15, -0.1) is 0 Å². The van der Waals surface area contributed by atoms with Crippen molar-refractivity contribution in [2.24, 2.45) is 0 Å². The summed E-state index contributed by atoms with van der Waals surface area (Å²) in [5.41, 5.74) is -0.0695. The first kappa shape index (κ1) is 7.29. The highest BCUT2D eigenvalue weighted by Crippen LogP contribution is 2.04. The summed E-state index contributed by atoms with van der Waals surface area (Å²) in [6, 6.07) is 4.99. The number of nitriles is 1. The van der Waals surface area contributed by atoms with Gasteiger partial charge in [0.2, 0.25) is 6.29 Å². The number of nitrogens with zero attached hydrogens (tertiary/aromatic N) is 1. The lowest BCUT2D eigenvalue weighted by Crippen LogP contribution is -1.76. The van der Waals surface area contributed by atoms with Crippen LogP contribution in [0.4, 0.5) is 0 Å². The summed E-state index contributed by atoms with van der Waals surface area (Å²) >= 11 is 0. The van der Waals surface area contributed by atoms with Crippen LogP contribution in [0.25, 0.3) is 6.08 Å². The molecule has 0 saturated carbocycles. The molecule has 0 saturated heterocycles. The van der Waals surface area contributed by atoms with Crippen molar-refractivity contribution in [3.63, 3.8) is 0 Å². The Kier molecular flexibility index (Phi) is 2.24. The van der Waals surface area contributed by atoms with Gasteiger partial charge in [-0.3, -0.25) is 4.79 Å². The van der Waals surface area contributed by atoms with Crippen LogP contribution < -0.4 is 0 Å². The number of carbonyl (C=O) groups excluding carboxylic acids is 1. The highest BCUT2D eigenvalue weighted by molar-refractivity contribution is 5.86. The van der Waals surface area contributed by atoms with Gasteiger partial charge in [0.05, 0.1) is 6.26 Å². The van der Waals surface area contributed by atoms with Crippen LogP contribution in [-0.2, 0) is 4.79 Å². The molecule has 0 fully saturated rings. The van der Waals surface area contributed by atoms with Crippen LogP contribution in [0, 0.1) is 11.3 Å². The van der Waals surface area contributed by atoms with Crippen molar-refractivity contribution >= 4 is 12.4 Å². The van der Waals surface area contributed by atoms with Crippen LogP contribution in [0.3, 0.4) is 0 Å². The number of hydrogen-bond donors (Lipinski definition) is 0. The standard InChI is InChI=1S/C8H4NO2/c9-5-7(6-10)4-8-2-1-3-11-8/h1-4H/b7-4+. The van der Waals surface area contributed by atoms with Crippen molar-refractivity contribution in [2.45, 2.75) is 0 Å². The molecule has 0 unspecified atom stereocenters. The third-order valence-corrected chi connectivity index (χ3v) is 1.06. The zero-order chi connectivity index (χ0) is 8.10. The minimum Gasteiger partial charge on any atom is -0.465 e. The zero-order valence-corrected chi connectivity index (χ0v) is 5.57. The van der Waals surface area contributed by atoms with E-state index in [1.54, 1.807) is 18.2 Å². The minimum absolute atomic E-state index is 0.0695. The second kappa shape index (κ2) is 3.37. The van der Waals surface area contributed by atoms with E-state index in [1.165, 1.54) is 18.6 Å². The lowest BCUT2D eigenvalue weighted by molar-refractivity contribution is 0.555. The maximum Gasteiger partial charge on any atom is 0.244 e. The summed E-state index contributed by atoms with van der Waals surface area (Å²) in [7, 11) is 0. The van der Waals surface area contributed by atoms with Crippen LogP contribution in [-0.4, -0.2) is 6.29 Å². The van der Waals surface area contributed by atoms with E-state index in [0.29, 0.717) is 5.76 Å². The molecule has 1 radical (unpaired) electrons. The van der Waals surface area contributed by atoms with E-state index in [0.717, 1.165) is 0 Å². The average Bonchev–Trinajstić information content (AvgIpc) is 2.52. The minimum atomic E-state index is -0.0695. The van der Waals surface area contributed by atoms with Crippen LogP contribution in [0.5, 0.6) is 0 Å². The molecule has 0 aliphatic carbocycles. The highest BCUT2D eigenvalue weighted by Gasteiger charge is 1.95. The van der Waals surface area contributed by atoms with Gasteiger partial charge in [-0.2, -0.15) is 5.26 Å². The Morgan fingerprint density at radius 1 is 1.73 bits per heavy atom. The Hall–Kier alpha value is -1.82. The topological polar surface area (TPSA) is 54.0 Å². The molecule has 0 N–H and O–H groups in total. The Morgan fingerprint density at radius 2 is 2.55 bits per heavy atom. The van der Waals surface area contributed by atoms with E-state index in [4.69, 9.17) is 9.68 Å². The molecule has 0 amide bonds. The first-order valence-electron chi connectivity index (χ1n) is 2.90. The molecule has 11 heavy (non-hydrogen) atoms. The van der Waals surface area contributed by atoms with Gasteiger partial charge in [-0.25, -0.2) is 0 Å². The molecule has 1 aromatic heterocycles. The summed E-state index contributed by atoms with van der Waals surface area (Å²) in [6.45, 7) is 0. The fourth-order valence-corrected chi connectivity index (χ4v) is 0.600. The van der Waals surface area contributed by atoms with Crippen molar-refractivity contribution < 1.29 is 9.21 Å². The fourth-order valence-electron chi connectivity index (χ4n) is 0.600. The van der Waals surface area contributed by atoms with E-state index in [9.17, 15) is 4.79 Å². The Balaban J connectivity index is 2.90. The highest BCUT2D eigenvalue weighted by atomic mass is 16.3. The monoisotopic (exact) mass is 146 g/mol. The van der Waals surface area contributed by atoms with Gasteiger partial charge in [0.15, 0.2) is 0 Å². The largest absolute Gasteiger partial charge is 0.465 e. The van der Waals surface area contributed by atoms with Crippen molar-refractivity contribution in [3.8, 4) is 6.07 Å². The normalized spacial score (nSPS) is 10.6. The number of allylic oxidation sites excluding steroid dienone is 1. The summed E-state index contributed by atoms with van der Waals surface area (Å²) in [4.78, 5) is 10.0. The summed E-state index contributed by atoms with van der Waals surface area (Å²) in [5.74, 6) is 0.477. The molecule has 3 nitrogen and oxygen atoms in total. The second-order valence-electron chi connectivity index (χ2n) is 1.79. The van der Waals surface area contributed by atoms with Gasteiger partial charge < -0.3 is 4.42 Å². The van der Waals surface area contributed by atoms with Crippen molar-refractivity contribution in [1.29, 1.82) is 5.26 Å². The average molecular weight is 146 g/mol. The molecule has 0 aliphatic rings. The third kappa shape index (κ3) is 1.80. The Morgan fingerprint density at radius 3 is 3.00 bits per heavy atom. The SMILES string of the molecule is N#C/C([C]=O)=C\c1ccco1. The molecule has 0 spiro atoms. The molecule has 0 atom stereocenters. The van der Waals surface area contributed by atoms with Gasteiger partial charge in [-0.1, -0.05) is 0 Å². The molecule has 1 heterocycles. The predicted octanol–water partition coefficient (Wildman–Crippen LogP) is 1.30. The van der Waals surface area contributed by atoms with Gasteiger partial charge in [0.25, 0.3) is 0 Å². The smallest absolute Gasteiger partial charge is 0.244 e. The number of rotatable bonds is 2. The van der Waals surface area contributed by atoms with Gasteiger partial charge in [0.1, 0.15) is 17.4 Å². The molecule has 0 bridgehead atoms. The summed E-state index contributed by atoms with van der Waals surface area (Å²) in [6.07, 6.45) is 4.27. The number of hydrogen-bond acceptors (Lipinski definition) is 3. The lowest BCUT2D eigenvalue weighted by Gasteiger charge is -1.80. The predicted molar refractivity (Wildman–Crippen MR) is 38.0 cm³/mol. The Labute approximate surface area is 63.5 Å². The maximum absolute atomic E-state index is 10.0. The van der Waals surface area contributed by atoms with Crippen LogP contribution in [0.15, 0.2) is 28.4 Å². The first-order valence-corrected chi connectivity index (χ1v) is 2.90. The molecular formula is C8H4NO2. The maximum atomic E-state index is 10.0. The fraction of sp³-hybridized carbons (Fsp3) is 0. The van der Waals surface area contributed by atoms with Crippen LogP contribution >= 0.6 is 0 Å². The van der Waals surface area contributed by atoms with Gasteiger partial charge in [-0.05, 0) is 12.1 Å². The molecule has 0 aliphatic heterocycles. The van der Waals surface area contributed by atoms with Gasteiger partial charge >= 0.3 is 0 Å². The number of furan rings is 1. The summed E-state index contributed by atoms with van der Waals surface area (Å²) in [5, 5.41) is 8.30. The Bertz CT molecular complexity index is 303. The van der Waals surface area contributed by atoms with Crippen molar-refractivity contribution in [2.75, 3.05) is 0 Å². The van der Waals surface area contributed by atoms with E-state index in [-0.39, 0.29) is 5.57 Å². The first-order chi connectivity index (χ1) is 5.36. The van der Waals surface area contributed by atoms with E-state index in [2.05, 4.69) is 0 Å². The summed E-state index contributed by atoms with van der Waals surface area (Å²) < 4.78 is 4.86. The van der Waals surface area contributed by atoms with E-state index < -0.39 is 0 Å². The molecule has 3 heteroatoms. The van der Waals surface area contributed by atoms with E-state index >= 15 is 0 Å². The van der Waals surface area contributed by atoms with Crippen molar-refractivity contribution in [3.05, 3.63) is 29.7 Å². The molecule has 0 aromatic carbocycles. The quantitative estimate of drug-likeness (QED) is 0.466. The molecule has 1 rings (SSSR count). The van der Waals surface area contributed by atoms with E-state index in [1.807, 2.05) is 0 Å². The van der Waals surface area contributed by atoms with Crippen molar-refractivity contribution in [1.82, 2.24) is 0 Å². The molecular weight excluding hydrogens is 142 g/mol. The second-order valence-corrected chi connectivity index (χ2v) is 1.79. The van der Waals surface area contributed by atoms with Gasteiger partial charge in [0, 0.05) is 6.08 Å². The zero-order valence-electron chi connectivity index (χ0n) is 5.57. The molecule has 53 valence electrons. The van der Waals surface area contributed by atoms with Crippen LogP contribution in [0.2, 0.25) is 0 Å².